The van der Waals surface area contributed by atoms with Crippen molar-refractivity contribution in [2.75, 3.05) is 6.54 Å². The van der Waals surface area contributed by atoms with Crippen LogP contribution in [0.1, 0.15) is 37.0 Å². The van der Waals surface area contributed by atoms with Crippen molar-refractivity contribution < 1.29 is 0 Å². The van der Waals surface area contributed by atoms with Gasteiger partial charge in [-0.25, -0.2) is 4.98 Å². The molecule has 0 aliphatic heterocycles. The lowest BCUT2D eigenvalue weighted by Crippen LogP contribution is -2.25. The Morgan fingerprint density at radius 3 is 2.84 bits per heavy atom. The van der Waals surface area contributed by atoms with Crippen molar-refractivity contribution >= 4 is 0 Å². The van der Waals surface area contributed by atoms with E-state index in [0.717, 1.165) is 31.0 Å². The van der Waals surface area contributed by atoms with Crippen molar-refractivity contribution in [3.8, 4) is 0 Å². The molecule has 19 heavy (non-hydrogen) atoms. The molecule has 1 N–H and O–H groups in total. The Hall–Kier alpha value is -1.75. The molecule has 5 nitrogen and oxygen atoms in total. The molecule has 5 heteroatoms. The molecule has 0 spiro atoms. The highest BCUT2D eigenvalue weighted by Crippen LogP contribution is 2.16. The SMILES string of the molecule is CCNC(Cc1ncnn1CC)c1cc(C)ccn1. The van der Waals surface area contributed by atoms with E-state index in [1.165, 1.54) is 5.56 Å². The Morgan fingerprint density at radius 2 is 2.16 bits per heavy atom. The van der Waals surface area contributed by atoms with Crippen LogP contribution in [0.15, 0.2) is 24.7 Å². The average molecular weight is 259 g/mol. The van der Waals surface area contributed by atoms with Crippen molar-refractivity contribution in [1.82, 2.24) is 25.1 Å². The third kappa shape index (κ3) is 3.38. The Labute approximate surface area is 114 Å². The molecule has 0 saturated heterocycles. The van der Waals surface area contributed by atoms with Crippen molar-refractivity contribution in [3.63, 3.8) is 0 Å². The third-order valence-electron chi connectivity index (χ3n) is 3.13. The first-order chi connectivity index (χ1) is 9.24. The summed E-state index contributed by atoms with van der Waals surface area (Å²) >= 11 is 0. The van der Waals surface area contributed by atoms with Gasteiger partial charge in [-0.2, -0.15) is 5.10 Å². The van der Waals surface area contributed by atoms with E-state index in [2.05, 4.69) is 47.2 Å². The van der Waals surface area contributed by atoms with Gasteiger partial charge in [0.05, 0.1) is 11.7 Å². The maximum Gasteiger partial charge on any atom is 0.138 e. The third-order valence-corrected chi connectivity index (χ3v) is 3.13. The molecule has 0 aliphatic carbocycles. The quantitative estimate of drug-likeness (QED) is 0.860. The van der Waals surface area contributed by atoms with E-state index < -0.39 is 0 Å². The van der Waals surface area contributed by atoms with E-state index in [-0.39, 0.29) is 6.04 Å². The maximum absolute atomic E-state index is 4.47. The minimum Gasteiger partial charge on any atom is -0.309 e. The fourth-order valence-corrected chi connectivity index (χ4v) is 2.17. The van der Waals surface area contributed by atoms with Gasteiger partial charge in [0.15, 0.2) is 0 Å². The maximum atomic E-state index is 4.47. The molecule has 102 valence electrons. The number of nitrogens with one attached hydrogen (secondary N) is 1. The summed E-state index contributed by atoms with van der Waals surface area (Å²) in [6, 6.07) is 4.32. The Bertz CT molecular complexity index is 520. The lowest BCUT2D eigenvalue weighted by atomic mass is 10.1. The van der Waals surface area contributed by atoms with Crippen LogP contribution in [0.2, 0.25) is 0 Å². The van der Waals surface area contributed by atoms with Gasteiger partial charge in [0.2, 0.25) is 0 Å². The first-order valence-electron chi connectivity index (χ1n) is 6.77. The summed E-state index contributed by atoms with van der Waals surface area (Å²) in [4.78, 5) is 8.82. The van der Waals surface area contributed by atoms with Gasteiger partial charge >= 0.3 is 0 Å². The summed E-state index contributed by atoms with van der Waals surface area (Å²) in [6.07, 6.45) is 4.28. The monoisotopic (exact) mass is 259 g/mol. The second-order valence-electron chi connectivity index (χ2n) is 4.56. The Balaban J connectivity index is 2.21. The van der Waals surface area contributed by atoms with Crippen molar-refractivity contribution in [3.05, 3.63) is 41.7 Å². The summed E-state index contributed by atoms with van der Waals surface area (Å²) in [5.41, 5.74) is 2.29. The molecule has 0 fully saturated rings. The zero-order valence-electron chi connectivity index (χ0n) is 11.8. The number of hydrogen-bond donors (Lipinski definition) is 1. The number of pyridine rings is 1. The highest BCUT2D eigenvalue weighted by Gasteiger charge is 2.16. The number of rotatable bonds is 6. The lowest BCUT2D eigenvalue weighted by molar-refractivity contribution is 0.500. The summed E-state index contributed by atoms with van der Waals surface area (Å²) in [6.45, 7) is 8.01. The van der Waals surface area contributed by atoms with Gasteiger partial charge in [0.25, 0.3) is 0 Å². The summed E-state index contributed by atoms with van der Waals surface area (Å²) in [7, 11) is 0. The topological polar surface area (TPSA) is 55.6 Å². The normalized spacial score (nSPS) is 12.6. The molecule has 0 aromatic carbocycles. The highest BCUT2D eigenvalue weighted by atomic mass is 15.3. The molecule has 2 heterocycles. The van der Waals surface area contributed by atoms with Crippen molar-refractivity contribution in [2.45, 2.75) is 39.8 Å². The lowest BCUT2D eigenvalue weighted by Gasteiger charge is -2.17. The molecule has 0 bridgehead atoms. The molecule has 0 radical (unpaired) electrons. The van der Waals surface area contributed by atoms with E-state index in [1.807, 2.05) is 16.9 Å². The predicted molar refractivity (Wildman–Crippen MR) is 74.8 cm³/mol. The molecule has 1 atom stereocenters. The van der Waals surface area contributed by atoms with Gasteiger partial charge in [-0.15, -0.1) is 0 Å². The van der Waals surface area contributed by atoms with Crippen LogP contribution in [0.4, 0.5) is 0 Å². The first kappa shape index (κ1) is 13.7. The van der Waals surface area contributed by atoms with E-state index in [4.69, 9.17) is 0 Å². The molecule has 0 amide bonds. The second kappa shape index (κ2) is 6.43. The molecule has 1 unspecified atom stereocenters. The smallest absolute Gasteiger partial charge is 0.138 e. The Morgan fingerprint density at radius 1 is 1.32 bits per heavy atom. The summed E-state index contributed by atoms with van der Waals surface area (Å²) < 4.78 is 1.93. The molecule has 2 aromatic heterocycles. The Kier molecular flexibility index (Phi) is 4.63. The van der Waals surface area contributed by atoms with Crippen molar-refractivity contribution in [2.24, 2.45) is 0 Å². The average Bonchev–Trinajstić information content (AvgIpc) is 2.85. The van der Waals surface area contributed by atoms with Crippen LogP contribution in [0.25, 0.3) is 0 Å². The van der Waals surface area contributed by atoms with Gasteiger partial charge < -0.3 is 5.32 Å². The van der Waals surface area contributed by atoms with Crippen LogP contribution in [0.3, 0.4) is 0 Å². The number of likely N-dealkylation sites (N-methyl/N-ethyl adjacent to an activating group) is 1. The van der Waals surface area contributed by atoms with E-state index in [0.29, 0.717) is 0 Å². The number of aromatic nitrogens is 4. The molecule has 0 aliphatic rings. The van der Waals surface area contributed by atoms with E-state index in [1.54, 1.807) is 6.33 Å². The van der Waals surface area contributed by atoms with Gasteiger partial charge in [-0.3, -0.25) is 9.67 Å². The van der Waals surface area contributed by atoms with Gasteiger partial charge in [-0.05, 0) is 38.1 Å². The minimum absolute atomic E-state index is 0.180. The summed E-state index contributed by atoms with van der Waals surface area (Å²) in [5.74, 6) is 0.997. The first-order valence-corrected chi connectivity index (χ1v) is 6.77. The molecule has 2 rings (SSSR count). The molecular formula is C14H21N5. The van der Waals surface area contributed by atoms with E-state index >= 15 is 0 Å². The van der Waals surface area contributed by atoms with Gasteiger partial charge in [-0.1, -0.05) is 6.92 Å². The number of nitrogens with zero attached hydrogens (tertiary/aromatic N) is 4. The van der Waals surface area contributed by atoms with Crippen LogP contribution in [-0.2, 0) is 13.0 Å². The fraction of sp³-hybridized carbons (Fsp3) is 0.500. The standard InChI is InChI=1S/C14H21N5/c1-4-15-13(12-8-11(3)6-7-16-12)9-14-17-10-18-19(14)5-2/h6-8,10,13,15H,4-5,9H2,1-3H3. The van der Waals surface area contributed by atoms with Crippen LogP contribution < -0.4 is 5.32 Å². The fourth-order valence-electron chi connectivity index (χ4n) is 2.17. The zero-order chi connectivity index (χ0) is 13.7. The van der Waals surface area contributed by atoms with E-state index in [9.17, 15) is 0 Å². The molecule has 2 aromatic rings. The highest BCUT2D eigenvalue weighted by molar-refractivity contribution is 5.18. The van der Waals surface area contributed by atoms with Crippen LogP contribution in [0, 0.1) is 6.92 Å². The zero-order valence-corrected chi connectivity index (χ0v) is 11.8. The largest absolute Gasteiger partial charge is 0.309 e. The van der Waals surface area contributed by atoms with Crippen molar-refractivity contribution in [1.29, 1.82) is 0 Å². The van der Waals surface area contributed by atoms with Gasteiger partial charge in [0, 0.05) is 19.2 Å². The van der Waals surface area contributed by atoms with Crippen LogP contribution >= 0.6 is 0 Å². The second-order valence-corrected chi connectivity index (χ2v) is 4.56. The number of hydrogen-bond acceptors (Lipinski definition) is 4. The predicted octanol–water partition coefficient (Wildman–Crippen LogP) is 1.89. The molecular weight excluding hydrogens is 238 g/mol. The molecule has 0 saturated carbocycles. The number of aryl methyl sites for hydroxylation is 2. The summed E-state index contributed by atoms with van der Waals surface area (Å²) in [5, 5.41) is 7.69. The minimum atomic E-state index is 0.180. The van der Waals surface area contributed by atoms with Crippen LogP contribution in [-0.4, -0.2) is 26.3 Å². The van der Waals surface area contributed by atoms with Crippen LogP contribution in [0.5, 0.6) is 0 Å². The van der Waals surface area contributed by atoms with Gasteiger partial charge in [0.1, 0.15) is 12.2 Å².